The molecule has 0 saturated heterocycles. The number of nitrogens with zero attached hydrogens (tertiary/aromatic N) is 1. The van der Waals surface area contributed by atoms with Crippen molar-refractivity contribution >= 4 is 92.1 Å². The van der Waals surface area contributed by atoms with Crippen LogP contribution in [0.4, 0.5) is 17.1 Å². The van der Waals surface area contributed by atoms with Gasteiger partial charge in [-0.05, 0) is 97.4 Å². The van der Waals surface area contributed by atoms with Gasteiger partial charge in [0.05, 0.1) is 11.4 Å². The normalized spacial score (nSPS) is 11.7. The molecule has 0 aliphatic rings. The third kappa shape index (κ3) is 5.55. The first-order chi connectivity index (χ1) is 29.2. The number of rotatable bonds is 6. The van der Waals surface area contributed by atoms with Crippen LogP contribution < -0.4 is 4.90 Å². The first-order valence-electron chi connectivity index (χ1n) is 20.1. The highest BCUT2D eigenvalue weighted by molar-refractivity contribution is 7.26. The molecule has 0 aliphatic carbocycles. The Kier molecular flexibility index (Phi) is 7.75. The number of furan rings is 1. The molecule has 3 heteroatoms. The van der Waals surface area contributed by atoms with E-state index in [2.05, 4.69) is 211 Å². The number of hydrogen-bond donors (Lipinski definition) is 0. The van der Waals surface area contributed by atoms with Gasteiger partial charge in [0.25, 0.3) is 0 Å². The molecule has 0 unspecified atom stereocenters. The topological polar surface area (TPSA) is 16.4 Å². The van der Waals surface area contributed by atoms with E-state index >= 15 is 0 Å². The monoisotopic (exact) mass is 769 g/mol. The molecule has 0 radical (unpaired) electrons. The van der Waals surface area contributed by atoms with Crippen LogP contribution in [0.25, 0.3) is 97.0 Å². The summed E-state index contributed by atoms with van der Waals surface area (Å²) >= 11 is 1.87. The lowest BCUT2D eigenvalue weighted by Gasteiger charge is -2.27. The fourth-order valence-corrected chi connectivity index (χ4v) is 10.3. The molecule has 0 spiro atoms. The van der Waals surface area contributed by atoms with Crippen LogP contribution in [0.2, 0.25) is 0 Å². The lowest BCUT2D eigenvalue weighted by Crippen LogP contribution is -2.10. The number of fused-ring (bicyclic) bond motifs is 9. The average molecular weight is 770 g/mol. The van der Waals surface area contributed by atoms with Crippen LogP contribution in [-0.4, -0.2) is 0 Å². The van der Waals surface area contributed by atoms with E-state index in [4.69, 9.17) is 4.42 Å². The van der Waals surface area contributed by atoms with E-state index in [1.807, 2.05) is 17.4 Å². The molecule has 59 heavy (non-hydrogen) atoms. The van der Waals surface area contributed by atoms with E-state index in [0.29, 0.717) is 0 Å². The van der Waals surface area contributed by atoms with Crippen molar-refractivity contribution in [3.05, 3.63) is 212 Å². The molecule has 0 bridgehead atoms. The molecule has 2 aromatic heterocycles. The lowest BCUT2D eigenvalue weighted by molar-refractivity contribution is 0.669. The third-order valence-corrected chi connectivity index (χ3v) is 13.0. The first kappa shape index (κ1) is 33.7. The van der Waals surface area contributed by atoms with E-state index in [1.165, 1.54) is 75.1 Å². The van der Waals surface area contributed by atoms with Crippen LogP contribution in [0.1, 0.15) is 0 Å². The molecule has 0 amide bonds. The molecular weight excluding hydrogens is 735 g/mol. The highest BCUT2D eigenvalue weighted by Crippen LogP contribution is 2.50. The zero-order chi connectivity index (χ0) is 38.9. The smallest absolute Gasteiger partial charge is 0.159 e. The highest BCUT2D eigenvalue weighted by Gasteiger charge is 2.24. The third-order valence-electron chi connectivity index (χ3n) is 11.9. The Morgan fingerprint density at radius 2 is 1.00 bits per heavy atom. The van der Waals surface area contributed by atoms with Gasteiger partial charge in [-0.3, -0.25) is 0 Å². The van der Waals surface area contributed by atoms with E-state index in [0.717, 1.165) is 39.0 Å². The minimum atomic E-state index is 0.866. The second-order valence-electron chi connectivity index (χ2n) is 15.2. The molecule has 12 rings (SSSR count). The maximum Gasteiger partial charge on any atom is 0.159 e. The maximum atomic E-state index is 6.77. The summed E-state index contributed by atoms with van der Waals surface area (Å²) in [6.45, 7) is 0. The average Bonchev–Trinajstić information content (AvgIpc) is 3.89. The highest BCUT2D eigenvalue weighted by atomic mass is 32.1. The summed E-state index contributed by atoms with van der Waals surface area (Å²) in [7, 11) is 0. The summed E-state index contributed by atoms with van der Waals surface area (Å²) in [6.07, 6.45) is 0. The molecular formula is C56H35NOS. The SMILES string of the molecule is c1ccc(-c2ccc3c(c2)sc2c(-c4ccccc4)ccc(N(c4ccc(-c5ccc6c(ccc7ccccc76)c5)cc4)c4cccc5c4oc4ccccc45)c23)cc1. The van der Waals surface area contributed by atoms with Crippen molar-refractivity contribution in [2.75, 3.05) is 4.90 Å². The van der Waals surface area contributed by atoms with Gasteiger partial charge >= 0.3 is 0 Å². The summed E-state index contributed by atoms with van der Waals surface area (Å²) in [4.78, 5) is 2.41. The van der Waals surface area contributed by atoms with Crippen LogP contribution in [0, 0.1) is 0 Å². The summed E-state index contributed by atoms with van der Waals surface area (Å²) < 4.78 is 9.29. The predicted octanol–water partition coefficient (Wildman–Crippen LogP) is 16.7. The predicted molar refractivity (Wildman–Crippen MR) is 253 cm³/mol. The molecule has 0 fully saturated rings. The Labute approximate surface area is 345 Å². The number of thiophene rings is 1. The standard InChI is InChI=1S/C56H35NOS/c1-3-12-36(13-4-1)41-27-31-49-53(35-41)59-56-46(38-14-5-2-6-15-38)32-33-50(54(49)56)57(51-20-11-19-48-47-18-9-10-21-52(47)58-55(48)51)43-28-24-37(25-29-43)40-26-30-45-42(34-40)23-22-39-16-7-8-17-44(39)45/h1-35H. The fourth-order valence-electron chi connectivity index (χ4n) is 9.02. The molecule has 0 atom stereocenters. The summed E-state index contributed by atoms with van der Waals surface area (Å²) in [5.41, 5.74) is 12.1. The van der Waals surface area contributed by atoms with Crippen molar-refractivity contribution in [2.45, 2.75) is 0 Å². The Hall–Kier alpha value is -7.46. The summed E-state index contributed by atoms with van der Waals surface area (Å²) in [6, 6.07) is 76.9. The van der Waals surface area contributed by atoms with E-state index in [9.17, 15) is 0 Å². The molecule has 0 aliphatic heterocycles. The number of benzene rings is 10. The van der Waals surface area contributed by atoms with Crippen molar-refractivity contribution in [3.8, 4) is 33.4 Å². The zero-order valence-electron chi connectivity index (χ0n) is 32.0. The van der Waals surface area contributed by atoms with Crippen molar-refractivity contribution in [3.63, 3.8) is 0 Å². The van der Waals surface area contributed by atoms with E-state index in [-0.39, 0.29) is 0 Å². The molecule has 0 N–H and O–H groups in total. The molecule has 0 saturated carbocycles. The van der Waals surface area contributed by atoms with Crippen LogP contribution >= 0.6 is 11.3 Å². The number of hydrogen-bond acceptors (Lipinski definition) is 3. The Balaban J connectivity index is 1.09. The van der Waals surface area contributed by atoms with Crippen LogP contribution in [0.3, 0.4) is 0 Å². The minimum Gasteiger partial charge on any atom is -0.454 e. The quantitative estimate of drug-likeness (QED) is 0.157. The molecule has 2 heterocycles. The molecule has 2 nitrogen and oxygen atoms in total. The number of anilines is 3. The van der Waals surface area contributed by atoms with Crippen molar-refractivity contribution in [1.29, 1.82) is 0 Å². The van der Waals surface area contributed by atoms with Crippen molar-refractivity contribution < 1.29 is 4.42 Å². The largest absolute Gasteiger partial charge is 0.454 e. The summed E-state index contributed by atoms with van der Waals surface area (Å²) in [5, 5.41) is 9.73. The van der Waals surface area contributed by atoms with Gasteiger partial charge in [0.15, 0.2) is 5.58 Å². The van der Waals surface area contributed by atoms with Gasteiger partial charge in [-0.1, -0.05) is 170 Å². The second kappa shape index (κ2) is 13.6. The van der Waals surface area contributed by atoms with Crippen molar-refractivity contribution in [1.82, 2.24) is 0 Å². The van der Waals surface area contributed by atoms with Gasteiger partial charge < -0.3 is 9.32 Å². The molecule has 12 aromatic rings. The van der Waals surface area contributed by atoms with E-state index < -0.39 is 0 Å². The Bertz CT molecular complexity index is 3550. The summed E-state index contributed by atoms with van der Waals surface area (Å²) in [5.74, 6) is 0. The van der Waals surface area contributed by atoms with Gasteiger partial charge in [-0.25, -0.2) is 0 Å². The van der Waals surface area contributed by atoms with Crippen LogP contribution in [-0.2, 0) is 0 Å². The van der Waals surface area contributed by atoms with Crippen LogP contribution in [0.5, 0.6) is 0 Å². The van der Waals surface area contributed by atoms with Gasteiger partial charge in [0.1, 0.15) is 5.58 Å². The fraction of sp³-hybridized carbons (Fsp3) is 0. The van der Waals surface area contributed by atoms with Crippen molar-refractivity contribution in [2.24, 2.45) is 0 Å². The first-order valence-corrected chi connectivity index (χ1v) is 20.9. The lowest BCUT2D eigenvalue weighted by atomic mass is 9.97. The number of para-hydroxylation sites is 2. The van der Waals surface area contributed by atoms with Gasteiger partial charge in [0, 0.05) is 36.6 Å². The van der Waals surface area contributed by atoms with Gasteiger partial charge in [-0.2, -0.15) is 0 Å². The van der Waals surface area contributed by atoms with E-state index in [1.54, 1.807) is 0 Å². The second-order valence-corrected chi connectivity index (χ2v) is 16.3. The maximum absolute atomic E-state index is 6.77. The van der Waals surface area contributed by atoms with Gasteiger partial charge in [0.2, 0.25) is 0 Å². The molecule has 10 aromatic carbocycles. The minimum absolute atomic E-state index is 0.866. The zero-order valence-corrected chi connectivity index (χ0v) is 32.8. The Morgan fingerprint density at radius 3 is 1.83 bits per heavy atom. The Morgan fingerprint density at radius 1 is 0.373 bits per heavy atom. The molecule has 276 valence electrons. The van der Waals surface area contributed by atoms with Crippen LogP contribution in [0.15, 0.2) is 217 Å². The van der Waals surface area contributed by atoms with Gasteiger partial charge in [-0.15, -0.1) is 11.3 Å².